The van der Waals surface area contributed by atoms with Crippen LogP contribution in [0.5, 0.6) is 0 Å². The number of amides is 1. The summed E-state index contributed by atoms with van der Waals surface area (Å²) in [5.41, 5.74) is 6.64. The van der Waals surface area contributed by atoms with Crippen LogP contribution in [0.4, 0.5) is 5.82 Å². The molecule has 0 radical (unpaired) electrons. The zero-order valence-electron chi connectivity index (χ0n) is 11.3. The standard InChI is InChI=1S/C13H22N4O.ClH/c1-9(14)13(18)15-12-8-11(16-17-12)10-6-4-2-3-5-7-10;/h8-10H,2-7,14H2,1H3,(H2,15,16,17,18);1H/t9-;/m0./s1. The summed E-state index contributed by atoms with van der Waals surface area (Å²) < 4.78 is 0. The van der Waals surface area contributed by atoms with E-state index in [9.17, 15) is 4.79 Å². The van der Waals surface area contributed by atoms with Gasteiger partial charge in [-0.1, -0.05) is 25.7 Å². The molecule has 0 aromatic carbocycles. The van der Waals surface area contributed by atoms with E-state index in [2.05, 4.69) is 15.5 Å². The second-order valence-corrected chi connectivity index (χ2v) is 5.17. The molecule has 1 atom stereocenters. The summed E-state index contributed by atoms with van der Waals surface area (Å²) in [4.78, 5) is 11.5. The minimum Gasteiger partial charge on any atom is -0.320 e. The molecule has 1 fully saturated rings. The molecule has 4 N–H and O–H groups in total. The van der Waals surface area contributed by atoms with Crippen LogP contribution in [0, 0.1) is 0 Å². The molecular formula is C13H23ClN4O. The van der Waals surface area contributed by atoms with Crippen molar-refractivity contribution in [1.29, 1.82) is 0 Å². The van der Waals surface area contributed by atoms with Crippen molar-refractivity contribution < 1.29 is 4.79 Å². The van der Waals surface area contributed by atoms with Crippen molar-refractivity contribution in [3.05, 3.63) is 11.8 Å². The maximum atomic E-state index is 11.5. The molecule has 1 saturated carbocycles. The summed E-state index contributed by atoms with van der Waals surface area (Å²) in [5, 5.41) is 9.88. The van der Waals surface area contributed by atoms with Crippen molar-refractivity contribution in [2.24, 2.45) is 5.73 Å². The van der Waals surface area contributed by atoms with Gasteiger partial charge in [0.2, 0.25) is 5.91 Å². The molecule has 19 heavy (non-hydrogen) atoms. The first-order chi connectivity index (χ1) is 8.66. The predicted molar refractivity (Wildman–Crippen MR) is 78.6 cm³/mol. The third-order valence-corrected chi connectivity index (χ3v) is 3.56. The number of H-pyrrole nitrogens is 1. The molecule has 1 aromatic rings. The zero-order chi connectivity index (χ0) is 13.0. The molecular weight excluding hydrogens is 264 g/mol. The van der Waals surface area contributed by atoms with Crippen molar-refractivity contribution in [1.82, 2.24) is 10.2 Å². The number of aromatic amines is 1. The van der Waals surface area contributed by atoms with Crippen LogP contribution in [0.1, 0.15) is 57.1 Å². The third-order valence-electron chi connectivity index (χ3n) is 3.56. The Morgan fingerprint density at radius 3 is 2.63 bits per heavy atom. The van der Waals surface area contributed by atoms with Gasteiger partial charge >= 0.3 is 0 Å². The highest BCUT2D eigenvalue weighted by molar-refractivity contribution is 5.93. The summed E-state index contributed by atoms with van der Waals surface area (Å²) in [5.74, 6) is 0.936. The number of hydrogen-bond acceptors (Lipinski definition) is 3. The lowest BCUT2D eigenvalue weighted by atomic mass is 9.97. The average molecular weight is 287 g/mol. The van der Waals surface area contributed by atoms with Gasteiger partial charge in [-0.3, -0.25) is 9.89 Å². The van der Waals surface area contributed by atoms with Gasteiger partial charge in [-0.15, -0.1) is 12.4 Å². The van der Waals surface area contributed by atoms with Gasteiger partial charge in [0, 0.05) is 17.7 Å². The van der Waals surface area contributed by atoms with E-state index in [-0.39, 0.29) is 18.3 Å². The van der Waals surface area contributed by atoms with E-state index < -0.39 is 6.04 Å². The van der Waals surface area contributed by atoms with E-state index in [0.717, 1.165) is 5.69 Å². The van der Waals surface area contributed by atoms with Gasteiger partial charge in [0.05, 0.1) is 6.04 Å². The number of hydrogen-bond donors (Lipinski definition) is 3. The Balaban J connectivity index is 0.00000180. The lowest BCUT2D eigenvalue weighted by molar-refractivity contribution is -0.117. The second-order valence-electron chi connectivity index (χ2n) is 5.17. The van der Waals surface area contributed by atoms with Crippen LogP contribution in [0.15, 0.2) is 6.07 Å². The fraction of sp³-hybridized carbons (Fsp3) is 0.692. The molecule has 0 saturated heterocycles. The van der Waals surface area contributed by atoms with Crippen molar-refractivity contribution in [3.63, 3.8) is 0 Å². The van der Waals surface area contributed by atoms with Crippen LogP contribution < -0.4 is 11.1 Å². The first kappa shape index (κ1) is 16.0. The Kier molecular flexibility index (Phi) is 6.31. The van der Waals surface area contributed by atoms with Crippen LogP contribution >= 0.6 is 12.4 Å². The lowest BCUT2D eigenvalue weighted by Crippen LogP contribution is -2.32. The smallest absolute Gasteiger partial charge is 0.242 e. The Bertz CT molecular complexity index is 397. The Morgan fingerprint density at radius 1 is 1.42 bits per heavy atom. The molecule has 1 aromatic heterocycles. The van der Waals surface area contributed by atoms with E-state index in [1.165, 1.54) is 38.5 Å². The molecule has 0 aliphatic heterocycles. The molecule has 1 heterocycles. The number of aromatic nitrogens is 2. The largest absolute Gasteiger partial charge is 0.320 e. The number of nitrogens with one attached hydrogen (secondary N) is 2. The summed E-state index contributed by atoms with van der Waals surface area (Å²) >= 11 is 0. The molecule has 1 amide bonds. The van der Waals surface area contributed by atoms with E-state index >= 15 is 0 Å². The Hall–Kier alpha value is -1.07. The van der Waals surface area contributed by atoms with Gasteiger partial charge in [0.1, 0.15) is 0 Å². The number of rotatable bonds is 3. The first-order valence-corrected chi connectivity index (χ1v) is 6.78. The van der Waals surface area contributed by atoms with Gasteiger partial charge in [-0.05, 0) is 19.8 Å². The highest BCUT2D eigenvalue weighted by Gasteiger charge is 2.17. The fourth-order valence-electron chi connectivity index (χ4n) is 2.44. The van der Waals surface area contributed by atoms with Crippen LogP contribution in [0.25, 0.3) is 0 Å². The van der Waals surface area contributed by atoms with Crippen molar-refractivity contribution in [2.45, 2.75) is 57.4 Å². The maximum absolute atomic E-state index is 11.5. The fourth-order valence-corrected chi connectivity index (χ4v) is 2.44. The highest BCUT2D eigenvalue weighted by Crippen LogP contribution is 2.31. The van der Waals surface area contributed by atoms with Gasteiger partial charge in [0.25, 0.3) is 0 Å². The maximum Gasteiger partial charge on any atom is 0.242 e. The monoisotopic (exact) mass is 286 g/mol. The minimum atomic E-state index is -0.511. The van der Waals surface area contributed by atoms with Crippen LogP contribution in [0.2, 0.25) is 0 Å². The Morgan fingerprint density at radius 2 is 2.05 bits per heavy atom. The molecule has 0 spiro atoms. The molecule has 1 aliphatic rings. The number of carbonyl (C=O) groups excluding carboxylic acids is 1. The summed E-state index contributed by atoms with van der Waals surface area (Å²) in [6.07, 6.45) is 7.65. The molecule has 0 bridgehead atoms. The van der Waals surface area contributed by atoms with E-state index in [1.807, 2.05) is 6.07 Å². The van der Waals surface area contributed by atoms with Crippen LogP contribution in [0.3, 0.4) is 0 Å². The van der Waals surface area contributed by atoms with Crippen molar-refractivity contribution >= 4 is 24.1 Å². The van der Waals surface area contributed by atoms with Crippen LogP contribution in [-0.4, -0.2) is 22.1 Å². The second kappa shape index (κ2) is 7.50. The number of nitrogens with zero attached hydrogens (tertiary/aromatic N) is 1. The summed E-state index contributed by atoms with van der Waals surface area (Å²) in [6.45, 7) is 1.66. The van der Waals surface area contributed by atoms with E-state index in [0.29, 0.717) is 11.7 Å². The summed E-state index contributed by atoms with van der Waals surface area (Å²) in [7, 11) is 0. The lowest BCUT2D eigenvalue weighted by Gasteiger charge is -2.10. The SMILES string of the molecule is C[C@H](N)C(=O)Nc1cc(C2CCCCCC2)[nH]n1.Cl. The molecule has 5 nitrogen and oxygen atoms in total. The first-order valence-electron chi connectivity index (χ1n) is 6.78. The molecule has 108 valence electrons. The Labute approximate surface area is 120 Å². The molecule has 1 aliphatic carbocycles. The minimum absolute atomic E-state index is 0. The highest BCUT2D eigenvalue weighted by atomic mass is 35.5. The molecule has 6 heteroatoms. The van der Waals surface area contributed by atoms with E-state index in [4.69, 9.17) is 5.73 Å². The third kappa shape index (κ3) is 4.51. The predicted octanol–water partition coefficient (Wildman–Crippen LogP) is 2.56. The quantitative estimate of drug-likeness (QED) is 0.747. The van der Waals surface area contributed by atoms with Gasteiger partial charge < -0.3 is 11.1 Å². The van der Waals surface area contributed by atoms with Gasteiger partial charge in [-0.2, -0.15) is 5.10 Å². The number of halogens is 1. The molecule has 0 unspecified atom stereocenters. The van der Waals surface area contributed by atoms with E-state index in [1.54, 1.807) is 6.92 Å². The van der Waals surface area contributed by atoms with Crippen molar-refractivity contribution in [3.8, 4) is 0 Å². The number of anilines is 1. The van der Waals surface area contributed by atoms with Gasteiger partial charge in [0.15, 0.2) is 5.82 Å². The zero-order valence-corrected chi connectivity index (χ0v) is 12.1. The molecule has 2 rings (SSSR count). The number of carbonyl (C=O) groups is 1. The number of nitrogens with two attached hydrogens (primary N) is 1. The summed E-state index contributed by atoms with van der Waals surface area (Å²) in [6, 6.07) is 1.43. The van der Waals surface area contributed by atoms with Crippen LogP contribution in [-0.2, 0) is 4.79 Å². The topological polar surface area (TPSA) is 83.8 Å². The van der Waals surface area contributed by atoms with Crippen molar-refractivity contribution in [2.75, 3.05) is 5.32 Å². The average Bonchev–Trinajstić information content (AvgIpc) is 2.63. The normalized spacial score (nSPS) is 18.2. The van der Waals surface area contributed by atoms with Gasteiger partial charge in [-0.25, -0.2) is 0 Å².